The van der Waals surface area contributed by atoms with E-state index in [4.69, 9.17) is 4.74 Å². The molecule has 1 aromatic carbocycles. The van der Waals surface area contributed by atoms with Gasteiger partial charge in [0, 0.05) is 31.0 Å². The highest BCUT2D eigenvalue weighted by molar-refractivity contribution is 5.90. The van der Waals surface area contributed by atoms with Crippen molar-refractivity contribution < 1.29 is 9.53 Å². The number of ether oxygens (including phenoxy) is 1. The normalized spacial score (nSPS) is 23.3. The maximum Gasteiger partial charge on any atom is 0.322 e. The molecule has 4 rings (SSSR count). The first-order valence-corrected chi connectivity index (χ1v) is 8.98. The van der Waals surface area contributed by atoms with Crippen molar-refractivity contribution in [2.75, 3.05) is 36.5 Å². The van der Waals surface area contributed by atoms with Gasteiger partial charge in [-0.25, -0.2) is 4.79 Å². The number of carbonyl (C=O) groups excluding carboxylic acids is 1. The van der Waals surface area contributed by atoms with Crippen LogP contribution in [0.3, 0.4) is 0 Å². The minimum Gasteiger partial charge on any atom is -0.375 e. The Labute approximate surface area is 151 Å². The Morgan fingerprint density at radius 3 is 2.88 bits per heavy atom. The lowest BCUT2D eigenvalue weighted by Crippen LogP contribution is -2.41. The van der Waals surface area contributed by atoms with Gasteiger partial charge in [0.1, 0.15) is 0 Å². The van der Waals surface area contributed by atoms with Gasteiger partial charge in [0.2, 0.25) is 0 Å². The fraction of sp³-hybridized carbons (Fsp3) is 0.529. The second kappa shape index (κ2) is 7.28. The number of benzene rings is 1. The number of rotatable bonds is 3. The molecule has 2 aliphatic rings. The molecule has 138 valence electrons. The van der Waals surface area contributed by atoms with Crippen LogP contribution in [0, 0.1) is 0 Å². The zero-order chi connectivity index (χ0) is 17.9. The highest BCUT2D eigenvalue weighted by atomic mass is 16.5. The number of morpholine rings is 1. The molecule has 0 saturated carbocycles. The first-order chi connectivity index (χ1) is 12.7. The van der Waals surface area contributed by atoms with Crippen molar-refractivity contribution in [1.82, 2.24) is 25.5 Å². The maximum absolute atomic E-state index is 12.7. The SMILES string of the molecule is CC1CN(c2ccc(NC(=O)N3CCCC3c3nn[nH]n3)cc2)CCO1. The number of nitrogens with one attached hydrogen (secondary N) is 2. The fourth-order valence-electron chi connectivity index (χ4n) is 3.59. The lowest BCUT2D eigenvalue weighted by molar-refractivity contribution is 0.0532. The van der Waals surface area contributed by atoms with Crippen LogP contribution in [0.2, 0.25) is 0 Å². The first-order valence-electron chi connectivity index (χ1n) is 8.98. The molecule has 9 heteroatoms. The van der Waals surface area contributed by atoms with Crippen LogP contribution in [0.15, 0.2) is 24.3 Å². The molecule has 3 heterocycles. The molecule has 26 heavy (non-hydrogen) atoms. The summed E-state index contributed by atoms with van der Waals surface area (Å²) < 4.78 is 5.58. The van der Waals surface area contributed by atoms with E-state index in [2.05, 4.69) is 37.8 Å². The van der Waals surface area contributed by atoms with E-state index in [0.29, 0.717) is 12.4 Å². The molecular weight excluding hydrogens is 334 g/mol. The lowest BCUT2D eigenvalue weighted by Gasteiger charge is -2.33. The molecular formula is C17H23N7O2. The van der Waals surface area contributed by atoms with Gasteiger partial charge in [-0.05, 0) is 44.0 Å². The van der Waals surface area contributed by atoms with Crippen LogP contribution in [-0.4, -0.2) is 63.9 Å². The van der Waals surface area contributed by atoms with E-state index >= 15 is 0 Å². The molecule has 0 radical (unpaired) electrons. The van der Waals surface area contributed by atoms with Crippen LogP contribution in [0.5, 0.6) is 0 Å². The number of nitrogens with zero attached hydrogens (tertiary/aromatic N) is 5. The summed E-state index contributed by atoms with van der Waals surface area (Å²) in [5, 5.41) is 17.1. The van der Waals surface area contributed by atoms with Crippen molar-refractivity contribution in [3.8, 4) is 0 Å². The summed E-state index contributed by atoms with van der Waals surface area (Å²) >= 11 is 0. The molecule has 2 amide bonds. The Morgan fingerprint density at radius 1 is 1.31 bits per heavy atom. The van der Waals surface area contributed by atoms with Crippen molar-refractivity contribution >= 4 is 17.4 Å². The van der Waals surface area contributed by atoms with Crippen LogP contribution >= 0.6 is 0 Å². The molecule has 0 aliphatic carbocycles. The van der Waals surface area contributed by atoms with Gasteiger partial charge in [-0.15, -0.1) is 10.2 Å². The topological polar surface area (TPSA) is 99.3 Å². The molecule has 2 N–H and O–H groups in total. The Bertz CT molecular complexity index is 734. The van der Waals surface area contributed by atoms with E-state index in [9.17, 15) is 4.79 Å². The monoisotopic (exact) mass is 357 g/mol. The minimum absolute atomic E-state index is 0.122. The molecule has 0 bridgehead atoms. The van der Waals surface area contributed by atoms with Crippen molar-refractivity contribution in [3.63, 3.8) is 0 Å². The fourth-order valence-corrected chi connectivity index (χ4v) is 3.59. The van der Waals surface area contributed by atoms with Gasteiger partial charge in [0.05, 0.1) is 18.8 Å². The second-order valence-electron chi connectivity index (χ2n) is 6.73. The summed E-state index contributed by atoms with van der Waals surface area (Å²) in [6.07, 6.45) is 2.02. The summed E-state index contributed by atoms with van der Waals surface area (Å²) in [6.45, 7) is 5.28. The molecule has 2 fully saturated rings. The van der Waals surface area contributed by atoms with Crippen molar-refractivity contribution in [2.45, 2.75) is 31.9 Å². The number of likely N-dealkylation sites (tertiary alicyclic amines) is 1. The van der Waals surface area contributed by atoms with Crippen LogP contribution in [0.25, 0.3) is 0 Å². The van der Waals surface area contributed by atoms with E-state index in [1.807, 2.05) is 24.3 Å². The summed E-state index contributed by atoms with van der Waals surface area (Å²) in [4.78, 5) is 16.7. The number of tetrazole rings is 1. The molecule has 2 aliphatic heterocycles. The molecule has 2 atom stereocenters. The molecule has 2 aromatic rings. The van der Waals surface area contributed by atoms with Gasteiger partial charge < -0.3 is 19.9 Å². The number of aromatic amines is 1. The van der Waals surface area contributed by atoms with Gasteiger partial charge in [-0.3, -0.25) is 0 Å². The van der Waals surface area contributed by atoms with E-state index in [1.165, 1.54) is 0 Å². The third-order valence-corrected chi connectivity index (χ3v) is 4.90. The highest BCUT2D eigenvalue weighted by Crippen LogP contribution is 2.30. The van der Waals surface area contributed by atoms with Crippen LogP contribution in [0.4, 0.5) is 16.2 Å². The standard InChI is InChI=1S/C17H23N7O2/c1-12-11-23(9-10-26-12)14-6-4-13(5-7-14)18-17(25)24-8-2-3-15(24)16-19-21-22-20-16/h4-7,12,15H,2-3,8-11H2,1H3,(H,18,25)(H,19,20,21,22). The zero-order valence-electron chi connectivity index (χ0n) is 14.8. The van der Waals surface area contributed by atoms with Gasteiger partial charge in [0.25, 0.3) is 0 Å². The quantitative estimate of drug-likeness (QED) is 0.869. The van der Waals surface area contributed by atoms with Crippen molar-refractivity contribution in [2.24, 2.45) is 0 Å². The Hall–Kier alpha value is -2.68. The smallest absolute Gasteiger partial charge is 0.322 e. The largest absolute Gasteiger partial charge is 0.375 e. The molecule has 0 spiro atoms. The number of carbonyl (C=O) groups is 1. The Balaban J connectivity index is 1.40. The number of hydrogen-bond acceptors (Lipinski definition) is 6. The van der Waals surface area contributed by atoms with Crippen LogP contribution in [-0.2, 0) is 4.74 Å². The Kier molecular flexibility index (Phi) is 4.70. The van der Waals surface area contributed by atoms with E-state index in [0.717, 1.165) is 43.9 Å². The highest BCUT2D eigenvalue weighted by Gasteiger charge is 2.32. The number of hydrogen-bond donors (Lipinski definition) is 2. The Morgan fingerprint density at radius 2 is 2.15 bits per heavy atom. The molecule has 9 nitrogen and oxygen atoms in total. The minimum atomic E-state index is -0.134. The van der Waals surface area contributed by atoms with Gasteiger partial charge in [0.15, 0.2) is 5.82 Å². The molecule has 2 saturated heterocycles. The zero-order valence-corrected chi connectivity index (χ0v) is 14.8. The lowest BCUT2D eigenvalue weighted by atomic mass is 10.2. The average Bonchev–Trinajstić information content (AvgIpc) is 3.33. The van der Waals surface area contributed by atoms with Gasteiger partial charge in [-0.1, -0.05) is 5.21 Å². The average molecular weight is 357 g/mol. The van der Waals surface area contributed by atoms with Crippen molar-refractivity contribution in [3.05, 3.63) is 30.1 Å². The van der Waals surface area contributed by atoms with Gasteiger partial charge >= 0.3 is 6.03 Å². The number of aromatic nitrogens is 4. The number of anilines is 2. The third kappa shape index (κ3) is 3.48. The number of urea groups is 1. The van der Waals surface area contributed by atoms with E-state index in [-0.39, 0.29) is 18.2 Å². The first kappa shape index (κ1) is 16.8. The maximum atomic E-state index is 12.7. The van der Waals surface area contributed by atoms with Crippen molar-refractivity contribution in [1.29, 1.82) is 0 Å². The van der Waals surface area contributed by atoms with E-state index < -0.39 is 0 Å². The summed E-state index contributed by atoms with van der Waals surface area (Å²) in [5.41, 5.74) is 1.92. The van der Waals surface area contributed by atoms with Gasteiger partial charge in [-0.2, -0.15) is 5.21 Å². The number of amides is 2. The summed E-state index contributed by atoms with van der Waals surface area (Å²) in [6, 6.07) is 7.69. The van der Waals surface area contributed by atoms with Crippen LogP contribution < -0.4 is 10.2 Å². The predicted octanol–water partition coefficient (Wildman–Crippen LogP) is 1.79. The molecule has 1 aromatic heterocycles. The second-order valence-corrected chi connectivity index (χ2v) is 6.73. The third-order valence-electron chi connectivity index (χ3n) is 4.90. The summed E-state index contributed by atoms with van der Waals surface area (Å²) in [7, 11) is 0. The number of H-pyrrole nitrogens is 1. The molecule has 2 unspecified atom stereocenters. The van der Waals surface area contributed by atoms with E-state index in [1.54, 1.807) is 4.90 Å². The summed E-state index contributed by atoms with van der Waals surface area (Å²) in [5.74, 6) is 0.564. The predicted molar refractivity (Wildman–Crippen MR) is 95.9 cm³/mol. The van der Waals surface area contributed by atoms with Crippen LogP contribution in [0.1, 0.15) is 31.6 Å².